The Balaban J connectivity index is 2.09. The van der Waals surface area contributed by atoms with E-state index in [-0.39, 0.29) is 11.6 Å². The zero-order chi connectivity index (χ0) is 15.4. The van der Waals surface area contributed by atoms with Gasteiger partial charge in [0.25, 0.3) is 5.91 Å². The predicted molar refractivity (Wildman–Crippen MR) is 87.2 cm³/mol. The van der Waals surface area contributed by atoms with E-state index >= 15 is 0 Å². The lowest BCUT2D eigenvalue weighted by Gasteiger charge is -2.23. The summed E-state index contributed by atoms with van der Waals surface area (Å²) in [5.74, 6) is -0.942. The maximum Gasteiger partial charge on any atom is 0.255 e. The van der Waals surface area contributed by atoms with Crippen LogP contribution in [-0.2, 0) is 0 Å². The van der Waals surface area contributed by atoms with Crippen molar-refractivity contribution in [3.8, 4) is 0 Å². The van der Waals surface area contributed by atoms with Crippen molar-refractivity contribution < 1.29 is 9.18 Å². The Morgan fingerprint density at radius 1 is 1.38 bits per heavy atom. The molecule has 1 heterocycles. The van der Waals surface area contributed by atoms with Gasteiger partial charge in [0.05, 0.1) is 11.6 Å². The number of hydrogen-bond donors (Lipinski definition) is 1. The normalized spacial score (nSPS) is 12.4. The molecule has 1 unspecified atom stereocenters. The fourth-order valence-electron chi connectivity index (χ4n) is 2.01. The highest BCUT2D eigenvalue weighted by Crippen LogP contribution is 2.23. The molecule has 1 amide bonds. The minimum absolute atomic E-state index is 0.0428. The van der Waals surface area contributed by atoms with E-state index < -0.39 is 11.7 Å². The molecule has 1 aromatic carbocycles. The molecule has 1 atom stereocenters. The van der Waals surface area contributed by atoms with Gasteiger partial charge in [0, 0.05) is 15.9 Å². The topological polar surface area (TPSA) is 32.3 Å². The summed E-state index contributed by atoms with van der Waals surface area (Å²) in [7, 11) is 3.91. The number of rotatable bonds is 5. The Hall–Kier alpha value is -1.24. The van der Waals surface area contributed by atoms with Crippen molar-refractivity contribution in [1.82, 2.24) is 10.2 Å². The third-order valence-electron chi connectivity index (χ3n) is 3.14. The van der Waals surface area contributed by atoms with Crippen molar-refractivity contribution in [3.05, 3.63) is 56.4 Å². The molecule has 6 heteroatoms. The van der Waals surface area contributed by atoms with Gasteiger partial charge in [-0.25, -0.2) is 4.39 Å². The van der Waals surface area contributed by atoms with Crippen LogP contribution in [0.25, 0.3) is 0 Å². The summed E-state index contributed by atoms with van der Waals surface area (Å²) >= 11 is 4.85. The van der Waals surface area contributed by atoms with Crippen molar-refractivity contribution >= 4 is 33.2 Å². The number of nitrogens with one attached hydrogen (secondary N) is 1. The Morgan fingerprint density at radius 3 is 2.71 bits per heavy atom. The monoisotopic (exact) mass is 370 g/mol. The molecule has 1 aromatic heterocycles. The van der Waals surface area contributed by atoms with Crippen LogP contribution in [0.2, 0.25) is 0 Å². The van der Waals surface area contributed by atoms with Crippen LogP contribution < -0.4 is 5.32 Å². The Labute approximate surface area is 135 Å². The van der Waals surface area contributed by atoms with Crippen LogP contribution in [-0.4, -0.2) is 31.4 Å². The number of halogens is 2. The van der Waals surface area contributed by atoms with Gasteiger partial charge in [-0.15, -0.1) is 11.3 Å². The molecule has 2 rings (SSSR count). The Bertz CT molecular complexity index is 596. The first-order valence-corrected chi connectivity index (χ1v) is 8.10. The second kappa shape index (κ2) is 7.15. The molecule has 0 radical (unpaired) electrons. The molecule has 0 fully saturated rings. The summed E-state index contributed by atoms with van der Waals surface area (Å²) in [6.07, 6.45) is 0. The number of likely N-dealkylation sites (N-methyl/N-ethyl adjacent to an activating group) is 1. The number of amides is 1. The molecule has 1 N–H and O–H groups in total. The first kappa shape index (κ1) is 16.1. The van der Waals surface area contributed by atoms with Crippen LogP contribution in [0.1, 0.15) is 21.3 Å². The molecule has 112 valence electrons. The molecule has 0 aliphatic heterocycles. The zero-order valence-corrected chi connectivity index (χ0v) is 14.2. The molecule has 0 aliphatic carbocycles. The van der Waals surface area contributed by atoms with E-state index in [4.69, 9.17) is 0 Å². The first-order chi connectivity index (χ1) is 10.0. The van der Waals surface area contributed by atoms with Crippen molar-refractivity contribution in [2.24, 2.45) is 0 Å². The molecule has 0 aliphatic rings. The van der Waals surface area contributed by atoms with Gasteiger partial charge in [0.2, 0.25) is 0 Å². The summed E-state index contributed by atoms with van der Waals surface area (Å²) in [6.45, 7) is 0.424. The highest BCUT2D eigenvalue weighted by molar-refractivity contribution is 9.10. The Kier molecular flexibility index (Phi) is 5.50. The van der Waals surface area contributed by atoms with E-state index in [0.29, 0.717) is 11.0 Å². The zero-order valence-electron chi connectivity index (χ0n) is 11.8. The molecule has 21 heavy (non-hydrogen) atoms. The summed E-state index contributed by atoms with van der Waals surface area (Å²) in [4.78, 5) is 15.4. The molecule has 0 saturated carbocycles. The standard InChI is InChI=1S/C15H16BrFN2OS/c1-19(2)12(13-7-4-8-21-13)9-18-15(20)14-10(16)5-3-6-11(14)17/h3-8,12H,9H2,1-2H3,(H,18,20). The number of hydrogen-bond acceptors (Lipinski definition) is 3. The van der Waals surface area contributed by atoms with Crippen molar-refractivity contribution in [3.63, 3.8) is 0 Å². The third kappa shape index (κ3) is 3.90. The van der Waals surface area contributed by atoms with E-state index in [1.807, 2.05) is 36.5 Å². The quantitative estimate of drug-likeness (QED) is 0.870. The second-order valence-corrected chi connectivity index (χ2v) is 6.64. The van der Waals surface area contributed by atoms with E-state index in [1.54, 1.807) is 23.5 Å². The molecule has 2 aromatic rings. The lowest BCUT2D eigenvalue weighted by molar-refractivity contribution is 0.0937. The molecule has 0 saturated heterocycles. The SMILES string of the molecule is CN(C)C(CNC(=O)c1c(F)cccc1Br)c1cccs1. The molecular formula is C15H16BrFN2OS. The van der Waals surface area contributed by atoms with Crippen LogP contribution in [0.5, 0.6) is 0 Å². The van der Waals surface area contributed by atoms with Gasteiger partial charge < -0.3 is 10.2 Å². The average Bonchev–Trinajstić information content (AvgIpc) is 2.92. The van der Waals surface area contributed by atoms with E-state index in [9.17, 15) is 9.18 Å². The summed E-state index contributed by atoms with van der Waals surface area (Å²) in [5, 5.41) is 4.81. The van der Waals surface area contributed by atoms with Crippen LogP contribution in [0.3, 0.4) is 0 Å². The van der Waals surface area contributed by atoms with Crippen molar-refractivity contribution in [2.45, 2.75) is 6.04 Å². The predicted octanol–water partition coefficient (Wildman–Crippen LogP) is 3.68. The largest absolute Gasteiger partial charge is 0.350 e. The van der Waals surface area contributed by atoms with Gasteiger partial charge in [-0.3, -0.25) is 4.79 Å². The van der Waals surface area contributed by atoms with Gasteiger partial charge in [-0.2, -0.15) is 0 Å². The highest BCUT2D eigenvalue weighted by Gasteiger charge is 2.19. The van der Waals surface area contributed by atoms with Gasteiger partial charge in [-0.05, 0) is 53.6 Å². The summed E-state index contributed by atoms with van der Waals surface area (Å²) in [5.41, 5.74) is 0.0428. The summed E-state index contributed by atoms with van der Waals surface area (Å²) < 4.78 is 14.2. The molecule has 0 spiro atoms. The first-order valence-electron chi connectivity index (χ1n) is 6.42. The van der Waals surface area contributed by atoms with Crippen LogP contribution in [0.4, 0.5) is 4.39 Å². The molecule has 3 nitrogen and oxygen atoms in total. The fourth-order valence-corrected chi connectivity index (χ4v) is 3.46. The van der Waals surface area contributed by atoms with Crippen LogP contribution in [0.15, 0.2) is 40.2 Å². The minimum Gasteiger partial charge on any atom is -0.350 e. The number of thiophene rings is 1. The number of nitrogens with zero attached hydrogens (tertiary/aromatic N) is 1. The third-order valence-corrected chi connectivity index (χ3v) is 4.78. The van der Waals surface area contributed by atoms with Crippen LogP contribution in [0, 0.1) is 5.82 Å². The summed E-state index contributed by atoms with van der Waals surface area (Å²) in [6, 6.07) is 8.57. The van der Waals surface area contributed by atoms with Gasteiger partial charge in [0.1, 0.15) is 5.82 Å². The number of carbonyl (C=O) groups is 1. The lowest BCUT2D eigenvalue weighted by Crippen LogP contribution is -2.34. The minimum atomic E-state index is -0.528. The fraction of sp³-hybridized carbons (Fsp3) is 0.267. The van der Waals surface area contributed by atoms with Crippen molar-refractivity contribution in [1.29, 1.82) is 0 Å². The van der Waals surface area contributed by atoms with Crippen LogP contribution >= 0.6 is 27.3 Å². The van der Waals surface area contributed by atoms with E-state index in [2.05, 4.69) is 21.2 Å². The Morgan fingerprint density at radius 2 is 2.14 bits per heavy atom. The second-order valence-electron chi connectivity index (χ2n) is 4.80. The van der Waals surface area contributed by atoms with E-state index in [0.717, 1.165) is 4.88 Å². The number of carbonyl (C=O) groups excluding carboxylic acids is 1. The average molecular weight is 371 g/mol. The lowest BCUT2D eigenvalue weighted by atomic mass is 10.1. The highest BCUT2D eigenvalue weighted by atomic mass is 79.9. The maximum atomic E-state index is 13.8. The van der Waals surface area contributed by atoms with Gasteiger partial charge in [0.15, 0.2) is 0 Å². The number of benzene rings is 1. The smallest absolute Gasteiger partial charge is 0.255 e. The molecule has 0 bridgehead atoms. The van der Waals surface area contributed by atoms with Crippen molar-refractivity contribution in [2.75, 3.05) is 20.6 Å². The maximum absolute atomic E-state index is 13.8. The van der Waals surface area contributed by atoms with Gasteiger partial charge >= 0.3 is 0 Å². The van der Waals surface area contributed by atoms with E-state index in [1.165, 1.54) is 6.07 Å². The van der Waals surface area contributed by atoms with Gasteiger partial charge in [-0.1, -0.05) is 12.1 Å². The molecular weight excluding hydrogens is 355 g/mol.